The van der Waals surface area contributed by atoms with Crippen molar-refractivity contribution in [3.8, 4) is 0 Å². The standard InChI is InChI=1S/C11H20ClN/c1-2-10-5-3-6-11(9-10)13-8-4-7-12/h4,7,10-11,13H,2-3,5-6,8-9H2,1H3/b7-4+. The molecule has 0 heterocycles. The first-order chi connectivity index (χ1) is 6.36. The average Bonchev–Trinajstić information content (AvgIpc) is 2.19. The Labute approximate surface area is 86.5 Å². The van der Waals surface area contributed by atoms with Gasteiger partial charge in [0.05, 0.1) is 0 Å². The topological polar surface area (TPSA) is 12.0 Å². The molecule has 0 bridgehead atoms. The Kier molecular flexibility index (Phi) is 5.49. The third-order valence-electron chi connectivity index (χ3n) is 2.97. The fraction of sp³-hybridized carbons (Fsp3) is 0.818. The van der Waals surface area contributed by atoms with Crippen molar-refractivity contribution >= 4 is 11.6 Å². The van der Waals surface area contributed by atoms with Crippen LogP contribution in [0, 0.1) is 5.92 Å². The Bertz CT molecular complexity index is 156. The highest BCUT2D eigenvalue weighted by Crippen LogP contribution is 2.26. The maximum atomic E-state index is 5.45. The van der Waals surface area contributed by atoms with Crippen molar-refractivity contribution in [3.63, 3.8) is 0 Å². The van der Waals surface area contributed by atoms with Crippen molar-refractivity contribution in [3.05, 3.63) is 11.6 Å². The van der Waals surface area contributed by atoms with Gasteiger partial charge in [0.25, 0.3) is 0 Å². The van der Waals surface area contributed by atoms with E-state index in [9.17, 15) is 0 Å². The summed E-state index contributed by atoms with van der Waals surface area (Å²) < 4.78 is 0. The van der Waals surface area contributed by atoms with Crippen LogP contribution in [-0.2, 0) is 0 Å². The van der Waals surface area contributed by atoms with Crippen LogP contribution in [0.3, 0.4) is 0 Å². The molecule has 2 atom stereocenters. The highest BCUT2D eigenvalue weighted by atomic mass is 35.5. The second-order valence-electron chi connectivity index (χ2n) is 3.91. The van der Waals surface area contributed by atoms with E-state index < -0.39 is 0 Å². The quantitative estimate of drug-likeness (QED) is 0.736. The minimum Gasteiger partial charge on any atom is -0.310 e. The molecule has 0 amide bonds. The molecule has 1 aliphatic carbocycles. The molecule has 76 valence electrons. The van der Waals surface area contributed by atoms with Crippen LogP contribution in [0.5, 0.6) is 0 Å². The fourth-order valence-corrected chi connectivity index (χ4v) is 2.22. The predicted molar refractivity (Wildman–Crippen MR) is 59.0 cm³/mol. The largest absolute Gasteiger partial charge is 0.310 e. The van der Waals surface area contributed by atoms with E-state index in [-0.39, 0.29) is 0 Å². The lowest BCUT2D eigenvalue weighted by molar-refractivity contribution is 0.285. The first-order valence-electron chi connectivity index (χ1n) is 5.35. The Morgan fingerprint density at radius 3 is 3.00 bits per heavy atom. The minimum atomic E-state index is 0.728. The molecule has 13 heavy (non-hydrogen) atoms. The number of nitrogens with one attached hydrogen (secondary N) is 1. The van der Waals surface area contributed by atoms with Gasteiger partial charge >= 0.3 is 0 Å². The van der Waals surface area contributed by atoms with Gasteiger partial charge in [0, 0.05) is 18.1 Å². The lowest BCUT2D eigenvalue weighted by Gasteiger charge is -2.28. The zero-order chi connectivity index (χ0) is 9.52. The van der Waals surface area contributed by atoms with E-state index in [0.29, 0.717) is 0 Å². The molecule has 0 aliphatic heterocycles. The van der Waals surface area contributed by atoms with Crippen molar-refractivity contribution in [1.29, 1.82) is 0 Å². The maximum Gasteiger partial charge on any atom is 0.0149 e. The fourth-order valence-electron chi connectivity index (χ4n) is 2.13. The van der Waals surface area contributed by atoms with Crippen LogP contribution in [0.4, 0.5) is 0 Å². The average molecular weight is 202 g/mol. The maximum absolute atomic E-state index is 5.45. The van der Waals surface area contributed by atoms with E-state index in [1.54, 1.807) is 5.54 Å². The molecule has 0 saturated heterocycles. The van der Waals surface area contributed by atoms with Gasteiger partial charge in [0.1, 0.15) is 0 Å². The van der Waals surface area contributed by atoms with Crippen LogP contribution < -0.4 is 5.32 Å². The van der Waals surface area contributed by atoms with Gasteiger partial charge in [-0.1, -0.05) is 43.9 Å². The Morgan fingerprint density at radius 2 is 2.31 bits per heavy atom. The van der Waals surface area contributed by atoms with E-state index in [1.165, 1.54) is 32.1 Å². The van der Waals surface area contributed by atoms with E-state index in [0.717, 1.165) is 18.5 Å². The predicted octanol–water partition coefficient (Wildman–Crippen LogP) is 3.30. The van der Waals surface area contributed by atoms with Crippen molar-refractivity contribution < 1.29 is 0 Å². The second kappa shape index (κ2) is 6.44. The Hall–Kier alpha value is -0.0100. The van der Waals surface area contributed by atoms with Crippen LogP contribution in [-0.4, -0.2) is 12.6 Å². The number of hydrogen-bond acceptors (Lipinski definition) is 1. The molecule has 1 aliphatic rings. The van der Waals surface area contributed by atoms with Crippen LogP contribution in [0.15, 0.2) is 11.6 Å². The van der Waals surface area contributed by atoms with Gasteiger partial charge in [0.2, 0.25) is 0 Å². The molecular formula is C11H20ClN. The molecular weight excluding hydrogens is 182 g/mol. The summed E-state index contributed by atoms with van der Waals surface area (Å²) in [6, 6.07) is 0.728. The SMILES string of the molecule is CCC1CCCC(NC/C=C/Cl)C1. The summed E-state index contributed by atoms with van der Waals surface area (Å²) >= 11 is 5.45. The van der Waals surface area contributed by atoms with Gasteiger partial charge in [-0.3, -0.25) is 0 Å². The minimum absolute atomic E-state index is 0.728. The van der Waals surface area contributed by atoms with Crippen molar-refractivity contribution in [2.75, 3.05) is 6.54 Å². The van der Waals surface area contributed by atoms with E-state index in [1.807, 2.05) is 6.08 Å². The summed E-state index contributed by atoms with van der Waals surface area (Å²) in [6.45, 7) is 3.22. The normalized spacial score (nSPS) is 29.7. The molecule has 1 nitrogen and oxygen atoms in total. The summed E-state index contributed by atoms with van der Waals surface area (Å²) in [5, 5.41) is 3.52. The molecule has 1 N–H and O–H groups in total. The number of rotatable bonds is 4. The second-order valence-corrected chi connectivity index (χ2v) is 4.16. The van der Waals surface area contributed by atoms with E-state index in [2.05, 4.69) is 12.2 Å². The lowest BCUT2D eigenvalue weighted by atomic mass is 9.84. The summed E-state index contributed by atoms with van der Waals surface area (Å²) in [6.07, 6.45) is 8.82. The monoisotopic (exact) mass is 201 g/mol. The zero-order valence-electron chi connectivity index (χ0n) is 8.43. The zero-order valence-corrected chi connectivity index (χ0v) is 9.19. The first-order valence-corrected chi connectivity index (χ1v) is 5.79. The summed E-state index contributed by atoms with van der Waals surface area (Å²) in [4.78, 5) is 0. The molecule has 1 saturated carbocycles. The molecule has 1 rings (SSSR count). The van der Waals surface area contributed by atoms with Gasteiger partial charge < -0.3 is 5.32 Å². The van der Waals surface area contributed by atoms with Crippen LogP contribution >= 0.6 is 11.6 Å². The Balaban J connectivity index is 2.18. The van der Waals surface area contributed by atoms with Gasteiger partial charge in [-0.25, -0.2) is 0 Å². The smallest absolute Gasteiger partial charge is 0.0149 e. The van der Waals surface area contributed by atoms with E-state index in [4.69, 9.17) is 11.6 Å². The first kappa shape index (κ1) is 11.1. The molecule has 0 radical (unpaired) electrons. The number of hydrogen-bond donors (Lipinski definition) is 1. The van der Waals surface area contributed by atoms with Gasteiger partial charge in [-0.05, 0) is 18.8 Å². The van der Waals surface area contributed by atoms with Crippen molar-refractivity contribution in [1.82, 2.24) is 5.32 Å². The molecule has 1 fully saturated rings. The van der Waals surface area contributed by atoms with Crippen LogP contribution in [0.2, 0.25) is 0 Å². The highest BCUT2D eigenvalue weighted by Gasteiger charge is 2.19. The van der Waals surface area contributed by atoms with Crippen LogP contribution in [0.25, 0.3) is 0 Å². The molecule has 2 unspecified atom stereocenters. The summed E-state index contributed by atoms with van der Waals surface area (Å²) in [5.74, 6) is 0.950. The molecule has 2 heteroatoms. The van der Waals surface area contributed by atoms with E-state index >= 15 is 0 Å². The summed E-state index contributed by atoms with van der Waals surface area (Å²) in [5.41, 5.74) is 1.59. The summed E-state index contributed by atoms with van der Waals surface area (Å²) in [7, 11) is 0. The molecule has 0 aromatic carbocycles. The molecule has 0 spiro atoms. The van der Waals surface area contributed by atoms with Crippen molar-refractivity contribution in [2.24, 2.45) is 5.92 Å². The lowest BCUT2D eigenvalue weighted by Crippen LogP contribution is -2.34. The molecule has 0 aromatic rings. The third-order valence-corrected chi connectivity index (χ3v) is 3.15. The highest BCUT2D eigenvalue weighted by molar-refractivity contribution is 6.25. The molecule has 0 aromatic heterocycles. The van der Waals surface area contributed by atoms with Crippen molar-refractivity contribution in [2.45, 2.75) is 45.1 Å². The third kappa shape index (κ3) is 4.15. The number of halogens is 1. The van der Waals surface area contributed by atoms with Gasteiger partial charge in [0.15, 0.2) is 0 Å². The van der Waals surface area contributed by atoms with Gasteiger partial charge in [-0.15, -0.1) is 0 Å². The van der Waals surface area contributed by atoms with Gasteiger partial charge in [-0.2, -0.15) is 0 Å². The van der Waals surface area contributed by atoms with Crippen LogP contribution in [0.1, 0.15) is 39.0 Å². The Morgan fingerprint density at radius 1 is 1.46 bits per heavy atom.